The Hall–Kier alpha value is -1.69. The Morgan fingerprint density at radius 2 is 2.07 bits per heavy atom. The highest BCUT2D eigenvalue weighted by Gasteiger charge is 2.18. The second-order valence-corrected chi connectivity index (χ2v) is 4.33. The lowest BCUT2D eigenvalue weighted by atomic mass is 10.1. The molecule has 0 unspecified atom stereocenters. The molecule has 0 fully saturated rings. The number of nitrogens with one attached hydrogen (secondary N) is 1. The summed E-state index contributed by atoms with van der Waals surface area (Å²) in [6.45, 7) is 6.20. The standard InChI is InChI=1S/C9H14N6/c1-9(2,3)15-8-6(4-13-15)7(14-10)11-5-12-8/h4-5H,10H2,1-3H3,(H,11,12,14). The van der Waals surface area contributed by atoms with E-state index in [-0.39, 0.29) is 5.54 Å². The average molecular weight is 206 g/mol. The zero-order valence-electron chi connectivity index (χ0n) is 9.02. The number of hydrogen-bond acceptors (Lipinski definition) is 5. The van der Waals surface area contributed by atoms with Gasteiger partial charge in [0.25, 0.3) is 0 Å². The van der Waals surface area contributed by atoms with E-state index in [0.717, 1.165) is 11.0 Å². The number of anilines is 1. The van der Waals surface area contributed by atoms with Crippen molar-refractivity contribution in [3.05, 3.63) is 12.5 Å². The number of nitrogens with zero attached hydrogens (tertiary/aromatic N) is 4. The van der Waals surface area contributed by atoms with E-state index in [1.807, 2.05) is 4.68 Å². The molecule has 0 aromatic carbocycles. The highest BCUT2D eigenvalue weighted by atomic mass is 15.3. The molecular formula is C9H14N6. The van der Waals surface area contributed by atoms with E-state index in [2.05, 4.69) is 41.3 Å². The van der Waals surface area contributed by atoms with Gasteiger partial charge in [-0.3, -0.25) is 0 Å². The maximum atomic E-state index is 5.36. The molecule has 2 aromatic rings. The van der Waals surface area contributed by atoms with Crippen molar-refractivity contribution in [2.75, 3.05) is 5.43 Å². The fraction of sp³-hybridized carbons (Fsp3) is 0.444. The first-order chi connectivity index (χ1) is 7.04. The number of rotatable bonds is 1. The van der Waals surface area contributed by atoms with Gasteiger partial charge in [0.2, 0.25) is 0 Å². The molecule has 0 amide bonds. The Balaban J connectivity index is 2.72. The van der Waals surface area contributed by atoms with Crippen LogP contribution >= 0.6 is 0 Å². The van der Waals surface area contributed by atoms with Gasteiger partial charge in [-0.1, -0.05) is 0 Å². The zero-order chi connectivity index (χ0) is 11.1. The third-order valence-corrected chi connectivity index (χ3v) is 2.14. The minimum Gasteiger partial charge on any atom is -0.308 e. The maximum Gasteiger partial charge on any atom is 0.163 e. The molecule has 6 nitrogen and oxygen atoms in total. The normalized spacial score (nSPS) is 12.0. The molecule has 0 spiro atoms. The summed E-state index contributed by atoms with van der Waals surface area (Å²) < 4.78 is 1.85. The van der Waals surface area contributed by atoms with Crippen molar-refractivity contribution >= 4 is 16.9 Å². The van der Waals surface area contributed by atoms with Gasteiger partial charge in [-0.05, 0) is 20.8 Å². The van der Waals surface area contributed by atoms with Gasteiger partial charge in [0.15, 0.2) is 11.5 Å². The highest BCUT2D eigenvalue weighted by Crippen LogP contribution is 2.22. The SMILES string of the molecule is CC(C)(C)n1ncc2c(NN)ncnc21. The lowest BCUT2D eigenvalue weighted by Crippen LogP contribution is -2.23. The van der Waals surface area contributed by atoms with Gasteiger partial charge in [0, 0.05) is 0 Å². The predicted octanol–water partition coefficient (Wildman–Crippen LogP) is 0.867. The van der Waals surface area contributed by atoms with Gasteiger partial charge in [0.1, 0.15) is 6.33 Å². The van der Waals surface area contributed by atoms with Gasteiger partial charge in [-0.25, -0.2) is 20.5 Å². The number of nitrogen functional groups attached to an aromatic ring is 1. The topological polar surface area (TPSA) is 81.7 Å². The Kier molecular flexibility index (Phi) is 2.08. The summed E-state index contributed by atoms with van der Waals surface area (Å²) in [4.78, 5) is 8.23. The van der Waals surface area contributed by atoms with Crippen LogP contribution in [0.1, 0.15) is 20.8 Å². The first-order valence-corrected chi connectivity index (χ1v) is 4.70. The van der Waals surface area contributed by atoms with Crippen molar-refractivity contribution in [2.45, 2.75) is 26.3 Å². The summed E-state index contributed by atoms with van der Waals surface area (Å²) in [6, 6.07) is 0. The van der Waals surface area contributed by atoms with E-state index in [0.29, 0.717) is 5.82 Å². The number of aromatic nitrogens is 4. The Morgan fingerprint density at radius 3 is 2.67 bits per heavy atom. The van der Waals surface area contributed by atoms with Crippen molar-refractivity contribution in [3.63, 3.8) is 0 Å². The minimum absolute atomic E-state index is 0.109. The molecule has 80 valence electrons. The molecule has 0 aliphatic heterocycles. The van der Waals surface area contributed by atoms with Crippen LogP contribution < -0.4 is 11.3 Å². The summed E-state index contributed by atoms with van der Waals surface area (Å²) in [5.74, 6) is 5.95. The molecule has 0 radical (unpaired) electrons. The van der Waals surface area contributed by atoms with Gasteiger partial charge in [-0.15, -0.1) is 0 Å². The molecule has 0 aliphatic rings. The van der Waals surface area contributed by atoms with Crippen LogP contribution in [0.3, 0.4) is 0 Å². The molecule has 2 rings (SSSR count). The van der Waals surface area contributed by atoms with Crippen molar-refractivity contribution in [1.29, 1.82) is 0 Å². The molecule has 0 bridgehead atoms. The third-order valence-electron chi connectivity index (χ3n) is 2.14. The van der Waals surface area contributed by atoms with Crippen LogP contribution in [0.2, 0.25) is 0 Å². The van der Waals surface area contributed by atoms with E-state index in [9.17, 15) is 0 Å². The van der Waals surface area contributed by atoms with Crippen LogP contribution in [0.25, 0.3) is 11.0 Å². The molecule has 6 heteroatoms. The molecule has 15 heavy (non-hydrogen) atoms. The van der Waals surface area contributed by atoms with Crippen LogP contribution in [-0.2, 0) is 5.54 Å². The quantitative estimate of drug-likeness (QED) is 0.534. The molecule has 0 saturated carbocycles. The molecule has 0 aliphatic carbocycles. The Labute approximate surface area is 87.5 Å². The monoisotopic (exact) mass is 206 g/mol. The van der Waals surface area contributed by atoms with E-state index in [1.165, 1.54) is 6.33 Å². The van der Waals surface area contributed by atoms with Crippen LogP contribution in [0.15, 0.2) is 12.5 Å². The fourth-order valence-electron chi connectivity index (χ4n) is 1.45. The smallest absolute Gasteiger partial charge is 0.163 e. The molecule has 2 aromatic heterocycles. The average Bonchev–Trinajstić information content (AvgIpc) is 2.59. The molecule has 0 saturated heterocycles. The van der Waals surface area contributed by atoms with Crippen molar-refractivity contribution in [3.8, 4) is 0 Å². The summed E-state index contributed by atoms with van der Waals surface area (Å²) in [7, 11) is 0. The molecular weight excluding hydrogens is 192 g/mol. The van der Waals surface area contributed by atoms with Crippen LogP contribution in [-0.4, -0.2) is 19.7 Å². The van der Waals surface area contributed by atoms with Crippen molar-refractivity contribution < 1.29 is 0 Å². The van der Waals surface area contributed by atoms with Gasteiger partial charge >= 0.3 is 0 Å². The molecule has 2 heterocycles. The van der Waals surface area contributed by atoms with E-state index >= 15 is 0 Å². The van der Waals surface area contributed by atoms with E-state index < -0.39 is 0 Å². The summed E-state index contributed by atoms with van der Waals surface area (Å²) in [5, 5.41) is 5.12. The number of nitrogens with two attached hydrogens (primary N) is 1. The Morgan fingerprint density at radius 1 is 1.33 bits per heavy atom. The minimum atomic E-state index is -0.109. The number of hydrazine groups is 1. The second-order valence-electron chi connectivity index (χ2n) is 4.33. The maximum absolute atomic E-state index is 5.36. The zero-order valence-corrected chi connectivity index (χ0v) is 9.02. The first kappa shape index (κ1) is 9.85. The summed E-state index contributed by atoms with van der Waals surface area (Å²) in [6.07, 6.45) is 3.19. The third kappa shape index (κ3) is 1.52. The lowest BCUT2D eigenvalue weighted by molar-refractivity contribution is 0.366. The lowest BCUT2D eigenvalue weighted by Gasteiger charge is -2.19. The Bertz CT molecular complexity index is 481. The largest absolute Gasteiger partial charge is 0.308 e. The van der Waals surface area contributed by atoms with Crippen molar-refractivity contribution in [1.82, 2.24) is 19.7 Å². The second kappa shape index (κ2) is 3.16. The fourth-order valence-corrected chi connectivity index (χ4v) is 1.45. The van der Waals surface area contributed by atoms with Crippen LogP contribution in [0.5, 0.6) is 0 Å². The van der Waals surface area contributed by atoms with Gasteiger partial charge in [-0.2, -0.15) is 5.10 Å². The van der Waals surface area contributed by atoms with Gasteiger partial charge in [0.05, 0.1) is 17.1 Å². The summed E-state index contributed by atoms with van der Waals surface area (Å²) >= 11 is 0. The number of fused-ring (bicyclic) bond motifs is 1. The highest BCUT2D eigenvalue weighted by molar-refractivity contribution is 5.85. The van der Waals surface area contributed by atoms with Crippen LogP contribution in [0, 0.1) is 0 Å². The number of hydrogen-bond donors (Lipinski definition) is 2. The molecule has 3 N–H and O–H groups in total. The molecule has 0 atom stereocenters. The van der Waals surface area contributed by atoms with Crippen LogP contribution in [0.4, 0.5) is 5.82 Å². The predicted molar refractivity (Wildman–Crippen MR) is 58.1 cm³/mol. The van der Waals surface area contributed by atoms with Crippen molar-refractivity contribution in [2.24, 2.45) is 5.84 Å². The van der Waals surface area contributed by atoms with Gasteiger partial charge < -0.3 is 5.43 Å². The first-order valence-electron chi connectivity index (χ1n) is 4.70. The van der Waals surface area contributed by atoms with E-state index in [4.69, 9.17) is 5.84 Å². The van der Waals surface area contributed by atoms with E-state index in [1.54, 1.807) is 6.20 Å². The summed E-state index contributed by atoms with van der Waals surface area (Å²) in [5.41, 5.74) is 3.20.